The number of oxime groups is 1. The first-order valence-electron chi connectivity index (χ1n) is 7.53. The van der Waals surface area contributed by atoms with Crippen LogP contribution in [0, 0.1) is 6.92 Å². The molecule has 2 heterocycles. The van der Waals surface area contributed by atoms with E-state index >= 15 is 0 Å². The number of nitrogens with zero attached hydrogens (tertiary/aromatic N) is 3. The summed E-state index contributed by atoms with van der Waals surface area (Å²) >= 11 is 0. The molecule has 1 amide bonds. The van der Waals surface area contributed by atoms with Gasteiger partial charge in [-0.15, -0.1) is 5.11 Å². The van der Waals surface area contributed by atoms with E-state index in [4.69, 9.17) is 9.57 Å². The van der Waals surface area contributed by atoms with Gasteiger partial charge in [0.05, 0.1) is 10.6 Å². The maximum absolute atomic E-state index is 12.4. The van der Waals surface area contributed by atoms with Gasteiger partial charge in [0, 0.05) is 37.1 Å². The molecular weight excluding hydrogens is 346 g/mol. The van der Waals surface area contributed by atoms with E-state index < -0.39 is 21.3 Å². The number of ether oxygens (including phenoxy) is 1. The normalized spacial score (nSPS) is 22.8. The lowest BCUT2D eigenvalue weighted by atomic mass is 9.85. The summed E-state index contributed by atoms with van der Waals surface area (Å²) < 4.78 is 29.9. The summed E-state index contributed by atoms with van der Waals surface area (Å²) in [6.45, 7) is 2.11. The highest BCUT2D eigenvalue weighted by molar-refractivity contribution is 7.90. The second-order valence-electron chi connectivity index (χ2n) is 5.78. The lowest BCUT2D eigenvalue weighted by molar-refractivity contribution is -0.136. The van der Waals surface area contributed by atoms with Crippen molar-refractivity contribution < 1.29 is 22.8 Å². The van der Waals surface area contributed by atoms with Gasteiger partial charge in [-0.25, -0.2) is 8.42 Å². The summed E-state index contributed by atoms with van der Waals surface area (Å²) in [5.41, 5.74) is 0.588. The maximum atomic E-state index is 12.4. The van der Waals surface area contributed by atoms with Gasteiger partial charge >= 0.3 is 5.91 Å². The summed E-state index contributed by atoms with van der Waals surface area (Å²) in [5.74, 6) is -0.580. The number of carbonyl (C=O) groups excluding carboxylic acids is 1. The van der Waals surface area contributed by atoms with Crippen LogP contribution >= 0.6 is 0 Å². The van der Waals surface area contributed by atoms with Crippen LogP contribution in [-0.2, 0) is 29.8 Å². The first kappa shape index (κ1) is 17.4. The van der Waals surface area contributed by atoms with Gasteiger partial charge in [0.25, 0.3) is 0 Å². The van der Waals surface area contributed by atoms with Crippen molar-refractivity contribution in [3.8, 4) is 0 Å². The first-order chi connectivity index (χ1) is 11.8. The fraction of sp³-hybridized carbons (Fsp3) is 0.375. The minimum absolute atomic E-state index is 0.137. The molecule has 0 saturated carbocycles. The van der Waals surface area contributed by atoms with E-state index in [-0.39, 0.29) is 4.90 Å². The molecule has 0 bridgehead atoms. The molecule has 9 heteroatoms. The van der Waals surface area contributed by atoms with Gasteiger partial charge in [-0.3, -0.25) is 4.79 Å². The van der Waals surface area contributed by atoms with Crippen LogP contribution in [-0.4, -0.2) is 40.0 Å². The number of azo groups is 1. The molecule has 1 unspecified atom stereocenters. The molecule has 1 aromatic rings. The van der Waals surface area contributed by atoms with Gasteiger partial charge in [0.15, 0.2) is 15.4 Å². The van der Waals surface area contributed by atoms with Crippen LogP contribution in [0.4, 0.5) is 0 Å². The molecular formula is C16H17N3O5S. The van der Waals surface area contributed by atoms with E-state index in [1.807, 2.05) is 0 Å². The Hall–Kier alpha value is -2.39. The molecule has 3 rings (SSSR count). The number of methoxy groups -OCH3 is 1. The summed E-state index contributed by atoms with van der Waals surface area (Å²) in [4.78, 5) is 17.6. The Labute approximate surface area is 145 Å². The maximum Gasteiger partial charge on any atom is 0.305 e. The number of hydrogen-bond donors (Lipinski definition) is 0. The van der Waals surface area contributed by atoms with Crippen LogP contribution in [0.25, 0.3) is 0 Å². The second kappa shape index (κ2) is 6.16. The number of benzene rings is 1. The van der Waals surface area contributed by atoms with Crippen LogP contribution in [0.5, 0.6) is 0 Å². The minimum Gasteiger partial charge on any atom is -0.395 e. The predicted octanol–water partition coefficient (Wildman–Crippen LogP) is 1.87. The van der Waals surface area contributed by atoms with Crippen LogP contribution in [0.3, 0.4) is 0 Å². The van der Waals surface area contributed by atoms with Crippen molar-refractivity contribution in [2.75, 3.05) is 20.0 Å². The van der Waals surface area contributed by atoms with Crippen molar-refractivity contribution in [1.82, 2.24) is 0 Å². The summed E-state index contributed by atoms with van der Waals surface area (Å²) in [5, 5.41) is 11.1. The van der Waals surface area contributed by atoms with E-state index in [9.17, 15) is 13.2 Å². The topological polar surface area (TPSA) is 107 Å². The van der Waals surface area contributed by atoms with Crippen LogP contribution in [0.2, 0.25) is 0 Å². The SMILES string of the molecule is COC1(c2ccc(S(C)(=O)=O)c(C3=NOCC3)c2C)C=CN=NC1=O. The molecule has 0 N–H and O–H groups in total. The summed E-state index contributed by atoms with van der Waals surface area (Å²) in [6.07, 6.45) is 4.50. The minimum atomic E-state index is -3.50. The average Bonchev–Trinajstić information content (AvgIpc) is 3.09. The highest BCUT2D eigenvalue weighted by atomic mass is 32.2. The molecule has 0 radical (unpaired) electrons. The Kier molecular flexibility index (Phi) is 4.29. The number of hydrogen-bond acceptors (Lipinski definition) is 7. The standard InChI is InChI=1S/C16H17N3O5S/c1-10-11(16(23-2)7-8-17-18-15(16)20)4-5-13(25(3,21)22)14(10)12-6-9-24-19-12/h4-5,7-8H,6,9H2,1-3H3. The monoisotopic (exact) mass is 363 g/mol. The highest BCUT2D eigenvalue weighted by Crippen LogP contribution is 2.37. The Morgan fingerprint density at radius 3 is 2.64 bits per heavy atom. The molecule has 2 aliphatic rings. The zero-order valence-electron chi connectivity index (χ0n) is 14.0. The smallest absolute Gasteiger partial charge is 0.305 e. The third kappa shape index (κ3) is 2.79. The molecule has 0 aromatic heterocycles. The number of sulfone groups is 1. The predicted molar refractivity (Wildman–Crippen MR) is 89.1 cm³/mol. The molecule has 0 spiro atoms. The van der Waals surface area contributed by atoms with Gasteiger partial charge in [0.1, 0.15) is 6.61 Å². The second-order valence-corrected chi connectivity index (χ2v) is 7.76. The number of rotatable bonds is 4. The molecule has 0 fully saturated rings. The van der Waals surface area contributed by atoms with Crippen molar-refractivity contribution in [2.24, 2.45) is 15.4 Å². The Balaban J connectivity index is 2.31. The van der Waals surface area contributed by atoms with Crippen LogP contribution < -0.4 is 0 Å². The van der Waals surface area contributed by atoms with E-state index in [1.165, 1.54) is 25.5 Å². The van der Waals surface area contributed by atoms with Gasteiger partial charge in [-0.05, 0) is 24.6 Å². The van der Waals surface area contributed by atoms with Crippen molar-refractivity contribution in [1.29, 1.82) is 0 Å². The van der Waals surface area contributed by atoms with Crippen molar-refractivity contribution >= 4 is 21.5 Å². The van der Waals surface area contributed by atoms with Gasteiger partial charge in [-0.2, -0.15) is 5.11 Å². The Bertz CT molecular complexity index is 933. The van der Waals surface area contributed by atoms with E-state index in [0.717, 1.165) is 6.26 Å². The quantitative estimate of drug-likeness (QED) is 0.812. The van der Waals surface area contributed by atoms with E-state index in [2.05, 4.69) is 15.4 Å². The molecule has 8 nitrogen and oxygen atoms in total. The molecule has 0 saturated heterocycles. The highest BCUT2D eigenvalue weighted by Gasteiger charge is 2.42. The van der Waals surface area contributed by atoms with E-state index in [1.54, 1.807) is 13.0 Å². The largest absolute Gasteiger partial charge is 0.395 e. The van der Waals surface area contributed by atoms with E-state index in [0.29, 0.717) is 35.4 Å². The van der Waals surface area contributed by atoms with Gasteiger partial charge < -0.3 is 9.57 Å². The van der Waals surface area contributed by atoms with Gasteiger partial charge in [0.2, 0.25) is 0 Å². The first-order valence-corrected chi connectivity index (χ1v) is 9.42. The van der Waals surface area contributed by atoms with Crippen LogP contribution in [0.15, 0.2) is 44.7 Å². The molecule has 2 aliphatic heterocycles. The Morgan fingerprint density at radius 1 is 1.32 bits per heavy atom. The molecule has 132 valence electrons. The lowest BCUT2D eigenvalue weighted by Crippen LogP contribution is -2.37. The fourth-order valence-corrected chi connectivity index (χ4v) is 4.04. The zero-order chi connectivity index (χ0) is 18.2. The third-order valence-electron chi connectivity index (χ3n) is 4.28. The number of carbonyl (C=O) groups is 1. The molecule has 1 atom stereocenters. The van der Waals surface area contributed by atoms with Crippen molar-refractivity contribution in [3.63, 3.8) is 0 Å². The van der Waals surface area contributed by atoms with Crippen LogP contribution in [0.1, 0.15) is 23.1 Å². The number of amides is 1. The fourth-order valence-electron chi connectivity index (χ4n) is 3.08. The molecule has 25 heavy (non-hydrogen) atoms. The Morgan fingerprint density at radius 2 is 2.08 bits per heavy atom. The lowest BCUT2D eigenvalue weighted by Gasteiger charge is -2.29. The van der Waals surface area contributed by atoms with Crippen molar-refractivity contribution in [3.05, 3.63) is 41.1 Å². The average molecular weight is 363 g/mol. The molecule has 0 aliphatic carbocycles. The third-order valence-corrected chi connectivity index (χ3v) is 5.42. The van der Waals surface area contributed by atoms with Crippen molar-refractivity contribution in [2.45, 2.75) is 23.8 Å². The van der Waals surface area contributed by atoms with Gasteiger partial charge in [-0.1, -0.05) is 11.2 Å². The summed E-state index contributed by atoms with van der Waals surface area (Å²) in [7, 11) is -2.11. The zero-order valence-corrected chi connectivity index (χ0v) is 14.8. The summed E-state index contributed by atoms with van der Waals surface area (Å²) in [6, 6.07) is 3.03. The molecule has 1 aromatic carbocycles.